The molecular formula is C48H56Cl4IN26O5P. The van der Waals surface area contributed by atoms with Gasteiger partial charge in [0.05, 0.1) is 59.6 Å². The lowest BCUT2D eigenvalue weighted by Gasteiger charge is -1.99. The van der Waals surface area contributed by atoms with Crippen LogP contribution in [0.4, 0.5) is 5.82 Å². The Morgan fingerprint density at radius 2 is 1.18 bits per heavy atom. The molecule has 0 saturated carbocycles. The van der Waals surface area contributed by atoms with E-state index in [2.05, 4.69) is 166 Å². The van der Waals surface area contributed by atoms with Crippen LogP contribution in [-0.4, -0.2) is 126 Å². The smallest absolute Gasteiger partial charge is 0.339 e. The number of ether oxygens (including phenoxy) is 2. The zero-order valence-electron chi connectivity index (χ0n) is 46.1. The van der Waals surface area contributed by atoms with Crippen molar-refractivity contribution in [1.29, 1.82) is 15.9 Å². The van der Waals surface area contributed by atoms with E-state index in [4.69, 9.17) is 50.3 Å². The van der Waals surface area contributed by atoms with Gasteiger partial charge in [0, 0.05) is 42.4 Å². The highest BCUT2D eigenvalue weighted by Gasteiger charge is 2.10. The van der Waals surface area contributed by atoms with Gasteiger partial charge in [-0.2, -0.15) is 30.9 Å². The Hall–Kier alpha value is -8.97. The number of fused-ring (bicyclic) bond motifs is 4. The van der Waals surface area contributed by atoms with Crippen LogP contribution in [0.1, 0.15) is 79.8 Å². The number of nitriles is 2. The first-order chi connectivity index (χ1) is 39.7. The summed E-state index contributed by atoms with van der Waals surface area (Å²) in [6.07, 6.45) is 12.3. The number of aromatic amines is 5. The van der Waals surface area contributed by atoms with Crippen LogP contribution in [0.3, 0.4) is 0 Å². The molecule has 0 aliphatic rings. The van der Waals surface area contributed by atoms with E-state index in [9.17, 15) is 14.2 Å². The number of carbonyl (C=O) groups is 1. The van der Waals surface area contributed by atoms with Crippen molar-refractivity contribution in [3.63, 3.8) is 0 Å². The molecule has 10 heterocycles. The molecule has 0 fully saturated rings. The summed E-state index contributed by atoms with van der Waals surface area (Å²) >= 11 is 21.6. The highest BCUT2D eigenvalue weighted by Crippen LogP contribution is 2.61. The van der Waals surface area contributed by atoms with E-state index < -0.39 is 11.2 Å². The third kappa shape index (κ3) is 27.8. The van der Waals surface area contributed by atoms with Crippen LogP contribution in [-0.2, 0) is 18.8 Å². The molecule has 0 spiro atoms. The van der Waals surface area contributed by atoms with Crippen LogP contribution < -0.4 is 17.0 Å². The molecule has 0 aromatic carbocycles. The largest absolute Gasteiger partial charge is 0.512 e. The Labute approximate surface area is 518 Å². The van der Waals surface area contributed by atoms with Crippen molar-refractivity contribution in [3.8, 4) is 12.1 Å². The van der Waals surface area contributed by atoms with Crippen LogP contribution in [0, 0.1) is 86.8 Å². The molecule has 10 N–H and O–H groups in total. The summed E-state index contributed by atoms with van der Waals surface area (Å²) in [7, 11) is 0. The third-order valence-corrected chi connectivity index (χ3v) is 10.0. The zero-order valence-corrected chi connectivity index (χ0v) is 52.2. The molecule has 37 heteroatoms. The van der Waals surface area contributed by atoms with Crippen molar-refractivity contribution in [2.75, 3.05) is 18.9 Å². The number of rotatable bonds is 4. The van der Waals surface area contributed by atoms with Gasteiger partial charge in [-0.1, -0.05) is 19.0 Å². The SMILES string of the molecule is C.CC(=N)N.Cc1[nH]nc2ncncc12.Cc1ncc(C#N)c(=O)[nH]1.Cc1ncc(C#N)c(Cl)n1.Cc1ncc2c(C)[nH]nc2n1.Cc1ncc2c(I)[nH]nc2n1.Cc1ncc2c(N)[nH]nc2n1.O=P(Cl)(Cl)Cl.[C-]#[N+]/C(=C/OCC)C(=O)OCC. The lowest BCUT2D eigenvalue weighted by atomic mass is 10.3. The minimum atomic E-state index is -3.22. The van der Waals surface area contributed by atoms with Crippen LogP contribution in [0.2, 0.25) is 5.15 Å². The number of nitrogens with zero attached hydrogens (tertiary/aromatic N) is 18. The number of aryl methyl sites for hydroxylation is 7. The second-order valence-corrected chi connectivity index (χ2v) is 23.6. The first-order valence-corrected chi connectivity index (χ1v) is 29.3. The van der Waals surface area contributed by atoms with Crippen molar-refractivity contribution in [1.82, 2.24) is 101 Å². The third-order valence-electron chi connectivity index (χ3n) is 8.89. The van der Waals surface area contributed by atoms with Crippen LogP contribution in [0.15, 0.2) is 60.3 Å². The van der Waals surface area contributed by atoms with E-state index in [-0.39, 0.29) is 41.8 Å². The lowest BCUT2D eigenvalue weighted by molar-refractivity contribution is -0.138. The molecule has 0 bridgehead atoms. The molecule has 10 rings (SSSR count). The molecule has 10 aromatic heterocycles. The van der Waals surface area contributed by atoms with Crippen molar-refractivity contribution in [3.05, 3.63) is 138 Å². The van der Waals surface area contributed by atoms with Gasteiger partial charge in [0.1, 0.15) is 68.2 Å². The predicted octanol–water partition coefficient (Wildman–Crippen LogP) is 9.14. The van der Waals surface area contributed by atoms with E-state index in [1.807, 2.05) is 40.7 Å². The molecule has 10 aromatic rings. The topological polar surface area (TPSA) is 470 Å². The fourth-order valence-corrected chi connectivity index (χ4v) is 5.93. The monoisotopic (exact) mass is 1370 g/mol. The van der Waals surface area contributed by atoms with Crippen LogP contribution in [0.5, 0.6) is 0 Å². The minimum Gasteiger partial charge on any atom is -0.512 e. The summed E-state index contributed by atoms with van der Waals surface area (Å²) < 4.78 is 19.9. The first-order valence-electron chi connectivity index (χ1n) is 23.4. The molecule has 448 valence electrons. The maximum Gasteiger partial charge on any atom is 0.339 e. The molecule has 0 atom stereocenters. The van der Waals surface area contributed by atoms with Crippen LogP contribution >= 0.6 is 73.1 Å². The maximum absolute atomic E-state index is 10.9. The predicted molar refractivity (Wildman–Crippen MR) is 331 cm³/mol. The average Bonchev–Trinajstić information content (AvgIpc) is 3.62. The molecule has 85 heavy (non-hydrogen) atoms. The van der Waals surface area contributed by atoms with E-state index in [0.29, 0.717) is 41.1 Å². The molecule has 0 aliphatic carbocycles. The van der Waals surface area contributed by atoms with Gasteiger partial charge in [-0.25, -0.2) is 59.7 Å². The number of nitrogen functional groups attached to an aromatic ring is 1. The number of anilines is 1. The van der Waals surface area contributed by atoms with Gasteiger partial charge in [-0.15, -0.1) is 0 Å². The van der Waals surface area contributed by atoms with E-state index in [1.165, 1.54) is 25.6 Å². The molecule has 31 nitrogen and oxygen atoms in total. The highest BCUT2D eigenvalue weighted by atomic mass is 127. The zero-order chi connectivity index (χ0) is 63.1. The average molecular weight is 1380 g/mol. The molecule has 0 aliphatic heterocycles. The van der Waals surface area contributed by atoms with Gasteiger partial charge >= 0.3 is 16.9 Å². The molecule has 0 saturated heterocycles. The summed E-state index contributed by atoms with van der Waals surface area (Å²) in [5.74, 6) is 3.34. The summed E-state index contributed by atoms with van der Waals surface area (Å²) in [5.41, 5.74) is 14.9. The van der Waals surface area contributed by atoms with E-state index in [1.54, 1.807) is 58.6 Å². The van der Waals surface area contributed by atoms with Crippen LogP contribution in [0.25, 0.3) is 49.0 Å². The minimum absolute atomic E-state index is 0. The fourth-order valence-electron chi connectivity index (χ4n) is 5.21. The fraction of sp³-hybridized carbons (Fsp3) is 0.271. The quantitative estimate of drug-likeness (QED) is 0.00936. The van der Waals surface area contributed by atoms with Gasteiger partial charge in [0.25, 0.3) is 5.56 Å². The maximum atomic E-state index is 10.9. The number of carbonyl (C=O) groups excluding carboxylic acids is 1. The normalized spacial score (nSPS) is 9.91. The summed E-state index contributed by atoms with van der Waals surface area (Å²) in [4.78, 5) is 70.6. The molecular weight excluding hydrogens is 1320 g/mol. The number of amidine groups is 1. The van der Waals surface area contributed by atoms with Crippen molar-refractivity contribution in [2.45, 2.75) is 76.7 Å². The van der Waals surface area contributed by atoms with Gasteiger partial charge in [0.15, 0.2) is 27.7 Å². The Morgan fingerprint density at radius 3 is 1.67 bits per heavy atom. The molecule has 0 unspecified atom stereocenters. The summed E-state index contributed by atoms with van der Waals surface area (Å²) in [6, 6.07) is 3.58. The Balaban J connectivity index is 0.000000483. The Morgan fingerprint density at radius 1 is 0.729 bits per heavy atom. The summed E-state index contributed by atoms with van der Waals surface area (Å²) in [6.45, 7) is 25.1. The standard InChI is InChI=1S/C8H11NO3.C7H8N4.C6H4ClN3.C6H5IN4.C6H7N5.C6H6N4.C6H5N3O.C2H6N2.CH4.Cl3OP/c1-4-11-6-7(9-3)8(10)12-5-2;1-4-6-3-8-5(2)9-7(6)11-10-4;1-4-9-3-5(2-8)6(7)10-4;2*1-3-8-2-4-5(7)10-11-6(4)9-3;1-4-5-2-7-3-8-6(5)10-9-4;1-4-8-3-5(2-7)6(10)9-4;1-2(3)4;;1-5(2,3)4/h6H,4-5H2,1-2H3;3H,1-2H3,(H,8,9,10,11);3H,1H3;2H,1H3,(H,8,9,10,11);2H,1H3,(H3,7,8,9,10,11);2-3H,1H3,(H,7,8,9,10);3H,1H3,(H,8,9,10);1H3,(H3,3,4);1H4;/b7-6+;;;;;;;;;. The van der Waals surface area contributed by atoms with Crippen molar-refractivity contribution in [2.24, 2.45) is 5.73 Å². The Bertz CT molecular complexity index is 3850. The van der Waals surface area contributed by atoms with Crippen molar-refractivity contribution < 1.29 is 18.8 Å². The van der Waals surface area contributed by atoms with E-state index in [0.717, 1.165) is 71.5 Å². The number of hydrogen-bond acceptors (Lipinski definition) is 24. The number of nitrogens with two attached hydrogens (primary N) is 2. The Kier molecular flexibility index (Phi) is 33.1. The van der Waals surface area contributed by atoms with Gasteiger partial charge in [-0.05, 0) is 126 Å². The van der Waals surface area contributed by atoms with E-state index >= 15 is 0 Å². The number of aromatic nitrogens is 20. The molecule has 0 amide bonds. The second-order valence-electron chi connectivity index (χ2n) is 15.5. The lowest BCUT2D eigenvalue weighted by Crippen LogP contribution is -2.11. The van der Waals surface area contributed by atoms with Gasteiger partial charge in [0.2, 0.25) is 0 Å². The number of halogens is 5. The first kappa shape index (κ1) is 74.0. The highest BCUT2D eigenvalue weighted by molar-refractivity contribution is 14.1. The summed E-state index contributed by atoms with van der Waals surface area (Å²) in [5, 5.41) is 50.7. The van der Waals surface area contributed by atoms with Gasteiger partial charge < -0.3 is 25.9 Å². The number of nitrogens with one attached hydrogen (secondary N) is 6. The second kappa shape index (κ2) is 38.0. The number of H-pyrrole nitrogens is 5. The number of esters is 1. The van der Waals surface area contributed by atoms with Crippen molar-refractivity contribution >= 4 is 135 Å². The number of hydrogen-bond donors (Lipinski definition) is 8. The van der Waals surface area contributed by atoms with Gasteiger partial charge in [-0.3, -0.25) is 40.0 Å². The molecule has 0 radical (unpaired) electrons.